The molecule has 0 saturated carbocycles. The van der Waals surface area contributed by atoms with E-state index in [0.717, 1.165) is 34.4 Å². The maximum absolute atomic E-state index is 13.6. The van der Waals surface area contributed by atoms with Gasteiger partial charge in [0.1, 0.15) is 29.7 Å². The van der Waals surface area contributed by atoms with Crippen LogP contribution in [-0.2, 0) is 23.8 Å². The van der Waals surface area contributed by atoms with E-state index in [1.165, 1.54) is 24.3 Å². The van der Waals surface area contributed by atoms with Crippen molar-refractivity contribution in [3.05, 3.63) is 138 Å². The van der Waals surface area contributed by atoms with E-state index in [9.17, 15) is 13.4 Å². The molecule has 5 rings (SSSR count). The van der Waals surface area contributed by atoms with Gasteiger partial charge in [-0.3, -0.25) is 0 Å². The lowest BCUT2D eigenvalue weighted by Gasteiger charge is -2.18. The molecular weight excluding hydrogens is 591 g/mol. The van der Waals surface area contributed by atoms with E-state index in [-0.39, 0.29) is 11.4 Å². The lowest BCUT2D eigenvalue weighted by molar-refractivity contribution is 0.0696. The highest BCUT2D eigenvalue weighted by molar-refractivity contribution is 7.85. The maximum atomic E-state index is 13.6. The lowest BCUT2D eigenvalue weighted by atomic mass is 10.00. The molecule has 0 aromatic heterocycles. The molecule has 0 heterocycles. The summed E-state index contributed by atoms with van der Waals surface area (Å²) in [5, 5.41) is 9.06. The quantitative estimate of drug-likeness (QED) is 0.125. The highest BCUT2D eigenvalue weighted by Crippen LogP contribution is 2.37. The molecule has 6 nitrogen and oxygen atoms in total. The van der Waals surface area contributed by atoms with Gasteiger partial charge in [0.2, 0.25) is 0 Å². The van der Waals surface area contributed by atoms with E-state index in [0.29, 0.717) is 47.5 Å². The van der Waals surface area contributed by atoms with Gasteiger partial charge in [-0.15, -0.1) is 0 Å². The molecule has 0 spiro atoms. The van der Waals surface area contributed by atoms with Crippen LogP contribution in [0.2, 0.25) is 0 Å². The van der Waals surface area contributed by atoms with Crippen LogP contribution in [0.3, 0.4) is 0 Å². The number of carboxylic acids is 1. The summed E-state index contributed by atoms with van der Waals surface area (Å²) in [5.41, 5.74) is 3.94. The SMILES string of the molecule is CCc1cc(-c2ccc(F)cc2)c(OCc2ccccc2)cc1OCCCOc1ccc([S@@](=O)c2ccc(C(=O)O)cc2)cc1. The predicted octanol–water partition coefficient (Wildman–Crippen LogP) is 8.35. The molecule has 0 unspecified atom stereocenters. The van der Waals surface area contributed by atoms with Gasteiger partial charge >= 0.3 is 5.97 Å². The first-order chi connectivity index (χ1) is 21.9. The fourth-order valence-corrected chi connectivity index (χ4v) is 5.71. The summed E-state index contributed by atoms with van der Waals surface area (Å²) >= 11 is 0. The highest BCUT2D eigenvalue weighted by Gasteiger charge is 2.14. The van der Waals surface area contributed by atoms with Crippen LogP contribution in [0.4, 0.5) is 4.39 Å². The Morgan fingerprint density at radius 1 is 0.756 bits per heavy atom. The summed E-state index contributed by atoms with van der Waals surface area (Å²) in [5.74, 6) is 0.715. The van der Waals surface area contributed by atoms with E-state index >= 15 is 0 Å². The van der Waals surface area contributed by atoms with E-state index < -0.39 is 16.8 Å². The van der Waals surface area contributed by atoms with E-state index in [1.807, 2.05) is 42.5 Å². The summed E-state index contributed by atoms with van der Waals surface area (Å²) < 4.78 is 44.8. The number of benzene rings is 5. The largest absolute Gasteiger partial charge is 0.493 e. The Balaban J connectivity index is 1.19. The number of ether oxygens (including phenoxy) is 3. The summed E-state index contributed by atoms with van der Waals surface area (Å²) in [4.78, 5) is 12.2. The Morgan fingerprint density at radius 2 is 1.40 bits per heavy atom. The normalized spacial score (nSPS) is 11.5. The number of hydrogen-bond acceptors (Lipinski definition) is 5. The van der Waals surface area contributed by atoms with Crippen LogP contribution >= 0.6 is 0 Å². The van der Waals surface area contributed by atoms with Crippen molar-refractivity contribution in [3.8, 4) is 28.4 Å². The molecule has 0 aliphatic heterocycles. The maximum Gasteiger partial charge on any atom is 0.335 e. The Morgan fingerprint density at radius 3 is 2.04 bits per heavy atom. The Bertz CT molecular complexity index is 1740. The van der Waals surface area contributed by atoms with E-state index in [2.05, 4.69) is 6.92 Å². The summed E-state index contributed by atoms with van der Waals surface area (Å²) in [6.45, 7) is 3.30. The molecule has 5 aromatic rings. The van der Waals surface area contributed by atoms with Crippen molar-refractivity contribution in [1.82, 2.24) is 0 Å². The first kappa shape index (κ1) is 31.5. The van der Waals surface area contributed by atoms with Crippen molar-refractivity contribution in [2.24, 2.45) is 0 Å². The smallest absolute Gasteiger partial charge is 0.335 e. The zero-order valence-corrected chi connectivity index (χ0v) is 25.6. The third-order valence-electron chi connectivity index (χ3n) is 7.10. The number of aryl methyl sites for hydroxylation is 1. The summed E-state index contributed by atoms with van der Waals surface area (Å²) in [6, 6.07) is 33.3. The van der Waals surface area contributed by atoms with Gasteiger partial charge in [-0.25, -0.2) is 13.4 Å². The standard InChI is InChI=1S/C37H33FO6S/c1-2-27-23-34(28-9-13-30(38)14-10-28)36(44-25-26-7-4-3-5-8-26)24-35(27)43-22-6-21-42-31-15-19-33(20-16-31)45(41)32-17-11-29(12-18-32)37(39)40/h3-5,7-20,23-24H,2,6,21-22,25H2,1H3,(H,39,40)/t45-/m0/s1. The minimum Gasteiger partial charge on any atom is -0.493 e. The van der Waals surface area contributed by atoms with Crippen LogP contribution in [0.5, 0.6) is 17.2 Å². The first-order valence-corrected chi connectivity index (χ1v) is 15.8. The van der Waals surface area contributed by atoms with Crippen LogP contribution in [0.25, 0.3) is 11.1 Å². The third-order valence-corrected chi connectivity index (χ3v) is 8.50. The molecule has 0 radical (unpaired) electrons. The lowest BCUT2D eigenvalue weighted by Crippen LogP contribution is -2.07. The van der Waals surface area contributed by atoms with Crippen LogP contribution in [0.1, 0.15) is 34.8 Å². The van der Waals surface area contributed by atoms with Gasteiger partial charge in [-0.1, -0.05) is 49.4 Å². The zero-order chi connectivity index (χ0) is 31.6. The zero-order valence-electron chi connectivity index (χ0n) is 24.8. The molecule has 45 heavy (non-hydrogen) atoms. The molecule has 0 amide bonds. The Labute approximate surface area is 264 Å². The van der Waals surface area contributed by atoms with Gasteiger partial charge in [0.15, 0.2) is 0 Å². The summed E-state index contributed by atoms with van der Waals surface area (Å²) in [7, 11) is -1.44. The molecular formula is C37H33FO6S. The van der Waals surface area contributed by atoms with Gasteiger partial charge in [0.25, 0.3) is 0 Å². The third kappa shape index (κ3) is 8.37. The van der Waals surface area contributed by atoms with Crippen LogP contribution in [0, 0.1) is 5.82 Å². The highest BCUT2D eigenvalue weighted by atomic mass is 32.2. The van der Waals surface area contributed by atoms with Gasteiger partial charge < -0.3 is 19.3 Å². The van der Waals surface area contributed by atoms with E-state index in [1.54, 1.807) is 48.5 Å². The second-order valence-corrected chi connectivity index (χ2v) is 11.7. The van der Waals surface area contributed by atoms with Gasteiger partial charge in [0.05, 0.1) is 29.6 Å². The monoisotopic (exact) mass is 624 g/mol. The average Bonchev–Trinajstić information content (AvgIpc) is 3.08. The molecule has 1 atom stereocenters. The molecule has 0 bridgehead atoms. The number of carboxylic acid groups (broad SMARTS) is 1. The number of hydrogen-bond donors (Lipinski definition) is 1. The van der Waals surface area contributed by atoms with Crippen molar-refractivity contribution >= 4 is 16.8 Å². The van der Waals surface area contributed by atoms with Crippen LogP contribution in [-0.4, -0.2) is 28.5 Å². The van der Waals surface area contributed by atoms with Gasteiger partial charge in [-0.2, -0.15) is 0 Å². The van der Waals surface area contributed by atoms with Crippen LogP contribution < -0.4 is 14.2 Å². The predicted molar refractivity (Wildman–Crippen MR) is 172 cm³/mol. The molecule has 230 valence electrons. The summed E-state index contributed by atoms with van der Waals surface area (Å²) in [6.07, 6.45) is 1.38. The Hall–Kier alpha value is -4.95. The molecule has 0 aliphatic rings. The molecule has 0 aliphatic carbocycles. The Kier molecular flexibility index (Phi) is 10.6. The molecule has 8 heteroatoms. The second kappa shape index (κ2) is 15.2. The van der Waals surface area contributed by atoms with Crippen molar-refractivity contribution in [1.29, 1.82) is 0 Å². The first-order valence-electron chi connectivity index (χ1n) is 14.6. The topological polar surface area (TPSA) is 82.1 Å². The average molecular weight is 625 g/mol. The van der Waals surface area contributed by atoms with Crippen molar-refractivity contribution < 1.29 is 32.7 Å². The fourth-order valence-electron chi connectivity index (χ4n) is 4.67. The number of rotatable bonds is 14. The van der Waals surface area contributed by atoms with Crippen LogP contribution in [0.15, 0.2) is 125 Å². The van der Waals surface area contributed by atoms with Gasteiger partial charge in [0, 0.05) is 27.8 Å². The second-order valence-electron chi connectivity index (χ2n) is 10.2. The number of halogens is 1. The number of carbonyl (C=O) groups is 1. The molecule has 5 aromatic carbocycles. The molecule has 1 N–H and O–H groups in total. The van der Waals surface area contributed by atoms with Crippen molar-refractivity contribution in [3.63, 3.8) is 0 Å². The van der Waals surface area contributed by atoms with Gasteiger partial charge in [-0.05, 0) is 89.8 Å². The van der Waals surface area contributed by atoms with Crippen molar-refractivity contribution in [2.45, 2.75) is 36.2 Å². The number of aromatic carboxylic acids is 1. The minimum atomic E-state index is -1.44. The molecule has 0 saturated heterocycles. The molecule has 0 fully saturated rings. The fraction of sp³-hybridized carbons (Fsp3) is 0.162. The minimum absolute atomic E-state index is 0.147. The van der Waals surface area contributed by atoms with E-state index in [4.69, 9.17) is 19.3 Å². The van der Waals surface area contributed by atoms with Crippen molar-refractivity contribution in [2.75, 3.05) is 13.2 Å².